The van der Waals surface area contributed by atoms with E-state index >= 15 is 0 Å². The van der Waals surface area contributed by atoms with Crippen LogP contribution in [-0.2, 0) is 19.1 Å². The zero-order chi connectivity index (χ0) is 23.7. The number of esters is 1. The van der Waals surface area contributed by atoms with E-state index in [-0.39, 0.29) is 48.0 Å². The lowest BCUT2D eigenvalue weighted by molar-refractivity contribution is -0.200. The van der Waals surface area contributed by atoms with Gasteiger partial charge >= 0.3 is 5.97 Å². The van der Waals surface area contributed by atoms with Crippen LogP contribution in [0.2, 0.25) is 0 Å². The van der Waals surface area contributed by atoms with Crippen molar-refractivity contribution in [3.63, 3.8) is 0 Å². The van der Waals surface area contributed by atoms with Crippen molar-refractivity contribution in [1.82, 2.24) is 0 Å². The molecule has 0 unspecified atom stereocenters. The van der Waals surface area contributed by atoms with Crippen LogP contribution in [0.15, 0.2) is 23.8 Å². The Kier molecular flexibility index (Phi) is 5.75. The Morgan fingerprint density at radius 3 is 2.59 bits per heavy atom. The van der Waals surface area contributed by atoms with Crippen LogP contribution in [0.5, 0.6) is 0 Å². The molecule has 0 amide bonds. The van der Waals surface area contributed by atoms with Crippen molar-refractivity contribution in [3.8, 4) is 0 Å². The summed E-state index contributed by atoms with van der Waals surface area (Å²) in [5.74, 6) is -1.48. The molecule has 3 saturated carbocycles. The molecule has 8 atom stereocenters. The maximum absolute atomic E-state index is 13.4. The Bertz CT molecular complexity index is 927. The first-order chi connectivity index (χ1) is 14.9. The Balaban J connectivity index is 1.85. The molecule has 0 aliphatic heterocycles. The Morgan fingerprint density at radius 2 is 1.97 bits per heavy atom. The van der Waals surface area contributed by atoms with Crippen molar-refractivity contribution in [2.24, 2.45) is 28.6 Å². The summed E-state index contributed by atoms with van der Waals surface area (Å²) in [5, 5.41) is 11.6. The van der Waals surface area contributed by atoms with Crippen molar-refractivity contribution in [3.05, 3.63) is 23.8 Å². The molecule has 3 fully saturated rings. The van der Waals surface area contributed by atoms with Crippen LogP contribution in [0.4, 0.5) is 0 Å². The van der Waals surface area contributed by atoms with E-state index in [1.807, 2.05) is 26.8 Å². The minimum atomic E-state index is -1.39. The molecule has 4 aliphatic carbocycles. The summed E-state index contributed by atoms with van der Waals surface area (Å²) < 4.78 is 6.00. The van der Waals surface area contributed by atoms with Crippen molar-refractivity contribution in [2.45, 2.75) is 76.4 Å². The monoisotopic (exact) mass is 482 g/mol. The number of fused-ring (bicyclic) bond motifs is 5. The molecule has 0 bridgehead atoms. The topological polar surface area (TPSA) is 80.7 Å². The standard InChI is InChI=1S/C25H32Cl2O5/c1-5-21(31)32-25(20(30)13-26)14(2)10-18-17-7-6-15-11-16(28)8-9-22(15,3)24(17,27)19(29)12-23(18,25)4/h8-9,11,14,17-19,29H,5-7,10,12-13H2,1-4H3/t14-,17-,18-,19-,22-,23-,24-,25+/m0/s1. The SMILES string of the molecule is CCC(=O)O[C@@]1(C(=O)CCl)[C@@H](C)C[C@H]2[C@@H]3CCC4=CC(=O)C=C[C@]4(C)[C@@]3(Cl)[C@@H](O)C[C@@]21C. The quantitative estimate of drug-likeness (QED) is 0.475. The molecule has 7 heteroatoms. The number of hydrogen-bond donors (Lipinski definition) is 1. The Morgan fingerprint density at radius 1 is 1.28 bits per heavy atom. The van der Waals surface area contributed by atoms with E-state index in [1.54, 1.807) is 13.0 Å². The van der Waals surface area contributed by atoms with E-state index in [0.29, 0.717) is 19.3 Å². The molecule has 0 aromatic carbocycles. The van der Waals surface area contributed by atoms with Crippen LogP contribution in [-0.4, -0.2) is 45.1 Å². The van der Waals surface area contributed by atoms with Gasteiger partial charge in [-0.05, 0) is 49.7 Å². The number of halogens is 2. The molecule has 4 aliphatic rings. The smallest absolute Gasteiger partial charge is 0.306 e. The van der Waals surface area contributed by atoms with Gasteiger partial charge in [-0.15, -0.1) is 23.2 Å². The van der Waals surface area contributed by atoms with Crippen LogP contribution in [0.3, 0.4) is 0 Å². The van der Waals surface area contributed by atoms with E-state index < -0.39 is 33.4 Å². The molecular formula is C25H32Cl2O5. The van der Waals surface area contributed by atoms with E-state index in [0.717, 1.165) is 5.57 Å². The molecule has 0 aromatic rings. The molecule has 1 N–H and O–H groups in total. The lowest BCUT2D eigenvalue weighted by Gasteiger charge is -2.64. The van der Waals surface area contributed by atoms with Crippen LogP contribution >= 0.6 is 23.2 Å². The van der Waals surface area contributed by atoms with Crippen molar-refractivity contribution in [2.75, 3.05) is 5.88 Å². The Labute approximate surface area is 199 Å². The molecule has 0 radical (unpaired) electrons. The van der Waals surface area contributed by atoms with Gasteiger partial charge < -0.3 is 9.84 Å². The summed E-state index contributed by atoms with van der Waals surface area (Å²) in [5.41, 5.74) is -1.90. The van der Waals surface area contributed by atoms with Crippen LogP contribution in [0, 0.1) is 28.6 Å². The number of ketones is 2. The van der Waals surface area contributed by atoms with Crippen LogP contribution in [0.1, 0.15) is 59.8 Å². The van der Waals surface area contributed by atoms with Gasteiger partial charge in [0.2, 0.25) is 0 Å². The third kappa shape index (κ3) is 2.77. The average Bonchev–Trinajstić information content (AvgIpc) is 2.96. The molecule has 0 heterocycles. The average molecular weight is 483 g/mol. The minimum Gasteiger partial charge on any atom is -0.450 e. The maximum atomic E-state index is 13.4. The molecule has 0 aromatic heterocycles. The molecule has 0 saturated heterocycles. The third-order valence-electron chi connectivity index (χ3n) is 9.28. The molecule has 32 heavy (non-hydrogen) atoms. The molecule has 4 rings (SSSR count). The summed E-state index contributed by atoms with van der Waals surface area (Å²) in [6, 6.07) is 0. The van der Waals surface area contributed by atoms with E-state index in [1.165, 1.54) is 6.08 Å². The number of carbonyl (C=O) groups excluding carboxylic acids is 3. The summed E-state index contributed by atoms with van der Waals surface area (Å²) in [4.78, 5) is 36.9. The maximum Gasteiger partial charge on any atom is 0.306 e. The zero-order valence-electron chi connectivity index (χ0n) is 19.1. The second kappa shape index (κ2) is 7.68. The first-order valence-corrected chi connectivity index (χ1v) is 12.5. The third-order valence-corrected chi connectivity index (χ3v) is 10.4. The van der Waals surface area contributed by atoms with Gasteiger partial charge in [0.15, 0.2) is 17.2 Å². The largest absolute Gasteiger partial charge is 0.450 e. The van der Waals surface area contributed by atoms with Gasteiger partial charge in [-0.3, -0.25) is 14.4 Å². The highest BCUT2D eigenvalue weighted by atomic mass is 35.5. The first-order valence-electron chi connectivity index (χ1n) is 11.5. The lowest BCUT2D eigenvalue weighted by Crippen LogP contribution is -2.69. The number of alkyl halides is 2. The summed E-state index contributed by atoms with van der Waals surface area (Å²) >= 11 is 13.5. The van der Waals surface area contributed by atoms with E-state index in [2.05, 4.69) is 0 Å². The van der Waals surface area contributed by atoms with Crippen LogP contribution < -0.4 is 0 Å². The highest BCUT2D eigenvalue weighted by molar-refractivity contribution is 6.29. The lowest BCUT2D eigenvalue weighted by atomic mass is 9.45. The fourth-order valence-corrected chi connectivity index (χ4v) is 8.47. The van der Waals surface area contributed by atoms with E-state index in [9.17, 15) is 19.5 Å². The van der Waals surface area contributed by atoms with Crippen molar-refractivity contribution < 1.29 is 24.2 Å². The molecule has 0 spiro atoms. The minimum absolute atomic E-state index is 0.0420. The number of hydrogen-bond acceptors (Lipinski definition) is 5. The summed E-state index contributed by atoms with van der Waals surface area (Å²) in [6.07, 6.45) is 6.50. The van der Waals surface area contributed by atoms with Gasteiger partial charge in [-0.2, -0.15) is 0 Å². The fraction of sp³-hybridized carbons (Fsp3) is 0.720. The van der Waals surface area contributed by atoms with Crippen molar-refractivity contribution in [1.29, 1.82) is 0 Å². The Hall–Kier alpha value is -1.17. The predicted octanol–water partition coefficient (Wildman–Crippen LogP) is 4.37. The van der Waals surface area contributed by atoms with Gasteiger partial charge in [-0.1, -0.05) is 39.3 Å². The highest BCUT2D eigenvalue weighted by Crippen LogP contribution is 2.72. The fourth-order valence-electron chi connectivity index (χ4n) is 7.75. The first kappa shape index (κ1) is 24.0. The predicted molar refractivity (Wildman–Crippen MR) is 122 cm³/mol. The van der Waals surface area contributed by atoms with Crippen LogP contribution in [0.25, 0.3) is 0 Å². The normalized spacial score (nSPS) is 47.2. The van der Waals surface area contributed by atoms with Gasteiger partial charge in [0, 0.05) is 23.2 Å². The molecule has 176 valence electrons. The zero-order valence-corrected chi connectivity index (χ0v) is 20.6. The molecule has 5 nitrogen and oxygen atoms in total. The second-order valence-corrected chi connectivity index (χ2v) is 11.4. The van der Waals surface area contributed by atoms with Gasteiger partial charge in [0.1, 0.15) is 0 Å². The number of allylic oxidation sites excluding steroid dienone is 4. The molecular weight excluding hydrogens is 451 g/mol. The second-order valence-electron chi connectivity index (χ2n) is 10.5. The van der Waals surface area contributed by atoms with Gasteiger partial charge in [0.05, 0.1) is 16.9 Å². The number of carbonyl (C=O) groups is 3. The van der Waals surface area contributed by atoms with E-state index in [4.69, 9.17) is 27.9 Å². The van der Waals surface area contributed by atoms with Gasteiger partial charge in [0.25, 0.3) is 0 Å². The number of rotatable bonds is 4. The number of aliphatic hydroxyl groups is 1. The highest BCUT2D eigenvalue weighted by Gasteiger charge is 2.76. The number of ether oxygens (including phenoxy) is 1. The number of Topliss-reactive ketones (excluding diaryl/α,β-unsaturated/α-hetero) is 1. The summed E-state index contributed by atoms with van der Waals surface area (Å²) in [6.45, 7) is 7.60. The summed E-state index contributed by atoms with van der Waals surface area (Å²) in [7, 11) is 0. The number of aliphatic hydroxyl groups excluding tert-OH is 1. The van der Waals surface area contributed by atoms with Gasteiger partial charge in [-0.25, -0.2) is 0 Å². The van der Waals surface area contributed by atoms with Crippen molar-refractivity contribution >= 4 is 40.7 Å².